The highest BCUT2D eigenvalue weighted by Crippen LogP contribution is 2.30. The van der Waals surface area contributed by atoms with Gasteiger partial charge in [0, 0.05) is 10.4 Å². The van der Waals surface area contributed by atoms with Crippen LogP contribution in [0.4, 0.5) is 0 Å². The lowest BCUT2D eigenvalue weighted by molar-refractivity contribution is 0.114. The van der Waals surface area contributed by atoms with Gasteiger partial charge >= 0.3 is 0 Å². The highest BCUT2D eigenvalue weighted by molar-refractivity contribution is 7.99. The van der Waals surface area contributed by atoms with Gasteiger partial charge in [0.2, 0.25) is 0 Å². The van der Waals surface area contributed by atoms with Crippen molar-refractivity contribution in [2.24, 2.45) is 0 Å². The molecule has 0 saturated heterocycles. The third-order valence-corrected chi connectivity index (χ3v) is 4.45. The van der Waals surface area contributed by atoms with Crippen LogP contribution in [0.2, 0.25) is 5.02 Å². The normalized spacial score (nSPS) is 12.1. The largest absolute Gasteiger partial charge is 0.395 e. The lowest BCUT2D eigenvalue weighted by Gasteiger charge is -2.30. The predicted molar refractivity (Wildman–Crippen MR) is 79.5 cm³/mol. The zero-order valence-electron chi connectivity index (χ0n) is 10.9. The highest BCUT2D eigenvalue weighted by atomic mass is 35.5. The Bertz CT molecular complexity index is 347. The van der Waals surface area contributed by atoms with E-state index < -0.39 is 5.41 Å². The number of aliphatic hydroxyl groups excluding tert-OH is 2. The summed E-state index contributed by atoms with van der Waals surface area (Å²) in [7, 11) is 0. The van der Waals surface area contributed by atoms with E-state index in [2.05, 4.69) is 13.8 Å². The number of thioether (sulfide) groups is 1. The van der Waals surface area contributed by atoms with E-state index in [4.69, 9.17) is 11.6 Å². The maximum Gasteiger partial charge on any atom is 0.0550 e. The first-order valence-electron chi connectivity index (χ1n) is 6.13. The molecule has 1 aromatic rings. The first kappa shape index (κ1) is 15.8. The van der Waals surface area contributed by atoms with Crippen molar-refractivity contribution >= 4 is 23.4 Å². The third-order valence-electron chi connectivity index (χ3n) is 3.09. The van der Waals surface area contributed by atoms with Gasteiger partial charge in [-0.15, -0.1) is 0 Å². The molecule has 0 bridgehead atoms. The Morgan fingerprint density at radius 3 is 2.17 bits per heavy atom. The molecule has 102 valence electrons. The average molecular weight is 289 g/mol. The van der Waals surface area contributed by atoms with Crippen LogP contribution in [0.15, 0.2) is 24.3 Å². The van der Waals surface area contributed by atoms with Crippen LogP contribution in [0.1, 0.15) is 25.8 Å². The smallest absolute Gasteiger partial charge is 0.0550 e. The van der Waals surface area contributed by atoms with Crippen LogP contribution in [0.5, 0.6) is 0 Å². The lowest BCUT2D eigenvalue weighted by Crippen LogP contribution is -2.35. The fourth-order valence-electron chi connectivity index (χ4n) is 1.83. The number of benzene rings is 1. The molecular weight excluding hydrogens is 268 g/mol. The summed E-state index contributed by atoms with van der Waals surface area (Å²) < 4.78 is 0. The zero-order valence-corrected chi connectivity index (χ0v) is 12.5. The molecule has 0 radical (unpaired) electrons. The van der Waals surface area contributed by atoms with Gasteiger partial charge in [0.15, 0.2) is 0 Å². The molecule has 1 rings (SSSR count). The van der Waals surface area contributed by atoms with Crippen molar-refractivity contribution in [1.29, 1.82) is 0 Å². The van der Waals surface area contributed by atoms with Gasteiger partial charge in [-0.3, -0.25) is 0 Å². The van der Waals surface area contributed by atoms with Crippen LogP contribution in [0, 0.1) is 0 Å². The van der Waals surface area contributed by atoms with Crippen molar-refractivity contribution in [3.8, 4) is 0 Å². The van der Waals surface area contributed by atoms with Crippen molar-refractivity contribution in [2.45, 2.75) is 30.9 Å². The van der Waals surface area contributed by atoms with E-state index in [0.717, 1.165) is 17.7 Å². The van der Waals surface area contributed by atoms with Crippen LogP contribution in [-0.4, -0.2) is 34.4 Å². The molecule has 1 aromatic carbocycles. The van der Waals surface area contributed by atoms with Crippen molar-refractivity contribution in [2.75, 3.05) is 19.0 Å². The molecule has 0 atom stereocenters. The van der Waals surface area contributed by atoms with Crippen LogP contribution in [0.25, 0.3) is 0 Å². The molecule has 0 unspecified atom stereocenters. The van der Waals surface area contributed by atoms with E-state index in [9.17, 15) is 10.2 Å². The second kappa shape index (κ2) is 7.39. The average Bonchev–Trinajstić information content (AvgIpc) is 2.36. The molecule has 2 nitrogen and oxygen atoms in total. The first-order chi connectivity index (χ1) is 8.54. The van der Waals surface area contributed by atoms with Crippen LogP contribution in [0.3, 0.4) is 0 Å². The van der Waals surface area contributed by atoms with Gasteiger partial charge in [0.05, 0.1) is 13.2 Å². The van der Waals surface area contributed by atoms with Gasteiger partial charge < -0.3 is 10.2 Å². The topological polar surface area (TPSA) is 40.5 Å². The quantitative estimate of drug-likeness (QED) is 0.810. The van der Waals surface area contributed by atoms with Crippen molar-refractivity contribution in [1.82, 2.24) is 0 Å². The summed E-state index contributed by atoms with van der Waals surface area (Å²) >= 11 is 7.70. The molecule has 0 saturated carbocycles. The van der Waals surface area contributed by atoms with Crippen molar-refractivity contribution in [3.63, 3.8) is 0 Å². The number of aliphatic hydroxyl groups is 2. The Hall–Kier alpha value is -0.220. The van der Waals surface area contributed by atoms with Crippen molar-refractivity contribution in [3.05, 3.63) is 34.9 Å². The van der Waals surface area contributed by atoms with E-state index in [1.807, 2.05) is 23.9 Å². The van der Waals surface area contributed by atoms with Gasteiger partial charge in [-0.2, -0.15) is 11.8 Å². The van der Waals surface area contributed by atoms with Gasteiger partial charge in [-0.25, -0.2) is 0 Å². The van der Waals surface area contributed by atoms with E-state index in [-0.39, 0.29) is 13.2 Å². The minimum absolute atomic E-state index is 0.0518. The Kier molecular flexibility index (Phi) is 6.50. The van der Waals surface area contributed by atoms with E-state index >= 15 is 0 Å². The highest BCUT2D eigenvalue weighted by Gasteiger charge is 2.30. The summed E-state index contributed by atoms with van der Waals surface area (Å²) in [6.45, 7) is 4.19. The SMILES string of the molecule is CC(C)SCCC(CO)(CO)c1ccc(Cl)cc1. The lowest BCUT2D eigenvalue weighted by atomic mass is 9.79. The Balaban J connectivity index is 2.81. The minimum atomic E-state index is -0.563. The Labute approximate surface area is 118 Å². The zero-order chi connectivity index (χ0) is 13.6. The van der Waals surface area contributed by atoms with Gasteiger partial charge in [0.1, 0.15) is 0 Å². The Morgan fingerprint density at radius 1 is 1.17 bits per heavy atom. The number of hydrogen-bond acceptors (Lipinski definition) is 3. The maximum absolute atomic E-state index is 9.66. The van der Waals surface area contributed by atoms with Crippen LogP contribution >= 0.6 is 23.4 Å². The van der Waals surface area contributed by atoms with E-state index in [1.165, 1.54) is 0 Å². The molecule has 4 heteroatoms. The molecule has 0 aromatic heterocycles. The van der Waals surface area contributed by atoms with Gasteiger partial charge in [-0.1, -0.05) is 37.6 Å². The van der Waals surface area contributed by atoms with Crippen LogP contribution in [-0.2, 0) is 5.41 Å². The molecule has 0 fully saturated rings. The summed E-state index contributed by atoms with van der Waals surface area (Å²) in [5, 5.41) is 20.6. The summed E-state index contributed by atoms with van der Waals surface area (Å²) in [6.07, 6.45) is 0.754. The van der Waals surface area contributed by atoms with Crippen molar-refractivity contribution < 1.29 is 10.2 Å². The fraction of sp³-hybridized carbons (Fsp3) is 0.571. The second-order valence-electron chi connectivity index (χ2n) is 4.77. The molecule has 18 heavy (non-hydrogen) atoms. The molecule has 0 spiro atoms. The van der Waals surface area contributed by atoms with Gasteiger partial charge in [-0.05, 0) is 35.1 Å². The molecule has 0 aliphatic rings. The van der Waals surface area contributed by atoms with Gasteiger partial charge in [0.25, 0.3) is 0 Å². The standard InChI is InChI=1S/C14H21ClO2S/c1-11(2)18-8-7-14(9-16,10-17)12-3-5-13(15)6-4-12/h3-6,11,16-17H,7-10H2,1-2H3. The molecule has 0 aliphatic heterocycles. The summed E-state index contributed by atoms with van der Waals surface area (Å²) in [5.74, 6) is 0.918. The predicted octanol–water partition coefficient (Wildman–Crippen LogP) is 3.09. The summed E-state index contributed by atoms with van der Waals surface area (Å²) in [6, 6.07) is 7.36. The van der Waals surface area contributed by atoms with E-state index in [0.29, 0.717) is 10.3 Å². The van der Waals surface area contributed by atoms with E-state index in [1.54, 1.807) is 12.1 Å². The molecular formula is C14H21ClO2S. The minimum Gasteiger partial charge on any atom is -0.395 e. The monoisotopic (exact) mass is 288 g/mol. The molecule has 0 aliphatic carbocycles. The Morgan fingerprint density at radius 2 is 1.72 bits per heavy atom. The third kappa shape index (κ3) is 4.16. The van der Waals surface area contributed by atoms with Crippen LogP contribution < -0.4 is 0 Å². The maximum atomic E-state index is 9.66. The summed E-state index contributed by atoms with van der Waals surface area (Å²) in [4.78, 5) is 0. The number of halogens is 1. The molecule has 0 heterocycles. The molecule has 2 N–H and O–H groups in total. The first-order valence-corrected chi connectivity index (χ1v) is 7.56. The number of rotatable bonds is 7. The molecule has 0 amide bonds. The second-order valence-corrected chi connectivity index (χ2v) is 6.89. The summed E-state index contributed by atoms with van der Waals surface area (Å²) in [5.41, 5.74) is 0.383. The fourth-order valence-corrected chi connectivity index (χ4v) is 2.93. The number of hydrogen-bond donors (Lipinski definition) is 2.